The number of likely N-dealkylation sites (tertiary alicyclic amines) is 1. The molecule has 0 unspecified atom stereocenters. The van der Waals surface area contributed by atoms with Crippen LogP contribution in [-0.2, 0) is 11.3 Å². The lowest BCUT2D eigenvalue weighted by atomic mass is 9.94. The van der Waals surface area contributed by atoms with Gasteiger partial charge in [0.2, 0.25) is 5.91 Å². The Kier molecular flexibility index (Phi) is 6.85. The molecule has 0 spiro atoms. The van der Waals surface area contributed by atoms with Crippen molar-refractivity contribution in [2.75, 3.05) is 6.54 Å². The molecular formula is C21H31FN2O. The molecule has 138 valence electrons. The third-order valence-corrected chi connectivity index (χ3v) is 5.77. The van der Waals surface area contributed by atoms with Gasteiger partial charge in [0.1, 0.15) is 5.82 Å². The fraction of sp³-hybridized carbons (Fsp3) is 0.667. The summed E-state index contributed by atoms with van der Waals surface area (Å²) in [5.74, 6) is 0.201. The Hall–Kier alpha value is -1.42. The summed E-state index contributed by atoms with van der Waals surface area (Å²) in [4.78, 5) is 14.7. The van der Waals surface area contributed by atoms with Gasteiger partial charge in [-0.05, 0) is 38.3 Å². The molecule has 1 atom stereocenters. The summed E-state index contributed by atoms with van der Waals surface area (Å²) in [6.45, 7) is 1.38. The number of amides is 1. The molecule has 1 aliphatic heterocycles. The first-order chi connectivity index (χ1) is 12.3. The van der Waals surface area contributed by atoms with Gasteiger partial charge in [0, 0.05) is 30.6 Å². The van der Waals surface area contributed by atoms with Crippen LogP contribution in [-0.4, -0.2) is 29.4 Å². The van der Waals surface area contributed by atoms with Crippen molar-refractivity contribution >= 4 is 5.91 Å². The molecule has 3 rings (SSSR count). The molecule has 0 aromatic heterocycles. The Balaban J connectivity index is 1.48. The van der Waals surface area contributed by atoms with E-state index in [0.29, 0.717) is 36.5 Å². The van der Waals surface area contributed by atoms with E-state index < -0.39 is 0 Å². The molecular weight excluding hydrogens is 315 g/mol. The van der Waals surface area contributed by atoms with Crippen molar-refractivity contribution in [2.24, 2.45) is 0 Å². The quantitative estimate of drug-likeness (QED) is 0.774. The van der Waals surface area contributed by atoms with E-state index in [1.807, 2.05) is 12.1 Å². The number of halogens is 1. The van der Waals surface area contributed by atoms with Crippen LogP contribution in [0.25, 0.3) is 0 Å². The normalized spacial score (nSPS) is 22.8. The summed E-state index contributed by atoms with van der Waals surface area (Å²) in [6.07, 6.45) is 11.5. The van der Waals surface area contributed by atoms with Crippen molar-refractivity contribution in [1.29, 1.82) is 0 Å². The number of nitrogens with zero attached hydrogens (tertiary/aromatic N) is 1. The molecule has 25 heavy (non-hydrogen) atoms. The van der Waals surface area contributed by atoms with Crippen molar-refractivity contribution in [3.05, 3.63) is 35.6 Å². The Labute approximate surface area is 151 Å². The summed E-state index contributed by atoms with van der Waals surface area (Å²) >= 11 is 0. The highest BCUT2D eigenvalue weighted by atomic mass is 19.1. The first-order valence-electron chi connectivity index (χ1n) is 10.0. The monoisotopic (exact) mass is 346 g/mol. The average Bonchev–Trinajstić information content (AvgIpc) is 2.94. The minimum Gasteiger partial charge on any atom is -0.337 e. The molecule has 1 heterocycles. The zero-order chi connectivity index (χ0) is 17.5. The SMILES string of the molecule is O=C1CC[C@H](CCNCc2ccccc2F)N1C1CCCCCCC1. The van der Waals surface area contributed by atoms with Crippen molar-refractivity contribution < 1.29 is 9.18 Å². The van der Waals surface area contributed by atoms with Gasteiger partial charge in [0.15, 0.2) is 0 Å². The van der Waals surface area contributed by atoms with Crippen LogP contribution in [0.4, 0.5) is 4.39 Å². The van der Waals surface area contributed by atoms with Crippen LogP contribution in [0.15, 0.2) is 24.3 Å². The highest BCUT2D eigenvalue weighted by molar-refractivity contribution is 5.79. The Morgan fingerprint density at radius 1 is 1.04 bits per heavy atom. The molecule has 4 heteroatoms. The predicted octanol–water partition coefficient (Wildman–Crippen LogP) is 4.41. The molecule has 1 amide bonds. The molecule has 0 bridgehead atoms. The van der Waals surface area contributed by atoms with Crippen LogP contribution >= 0.6 is 0 Å². The molecule has 1 N–H and O–H groups in total. The van der Waals surface area contributed by atoms with E-state index in [4.69, 9.17) is 0 Å². The van der Waals surface area contributed by atoms with Gasteiger partial charge in [-0.2, -0.15) is 0 Å². The van der Waals surface area contributed by atoms with Crippen molar-refractivity contribution in [3.63, 3.8) is 0 Å². The smallest absolute Gasteiger partial charge is 0.223 e. The largest absolute Gasteiger partial charge is 0.337 e. The maximum atomic E-state index is 13.7. The lowest BCUT2D eigenvalue weighted by Gasteiger charge is -2.34. The summed E-state index contributed by atoms with van der Waals surface area (Å²) in [6, 6.07) is 7.73. The third-order valence-electron chi connectivity index (χ3n) is 5.77. The minimum absolute atomic E-state index is 0.151. The van der Waals surface area contributed by atoms with E-state index in [1.165, 1.54) is 51.0 Å². The summed E-state index contributed by atoms with van der Waals surface area (Å²) < 4.78 is 13.7. The summed E-state index contributed by atoms with van der Waals surface area (Å²) in [7, 11) is 0. The maximum Gasteiger partial charge on any atom is 0.223 e. The second-order valence-corrected chi connectivity index (χ2v) is 7.55. The fourth-order valence-corrected chi connectivity index (χ4v) is 4.39. The minimum atomic E-state index is -0.151. The highest BCUT2D eigenvalue weighted by Crippen LogP contribution is 2.30. The zero-order valence-corrected chi connectivity index (χ0v) is 15.2. The fourth-order valence-electron chi connectivity index (χ4n) is 4.39. The molecule has 2 aliphatic rings. The predicted molar refractivity (Wildman–Crippen MR) is 98.7 cm³/mol. The van der Waals surface area contributed by atoms with Gasteiger partial charge >= 0.3 is 0 Å². The van der Waals surface area contributed by atoms with Gasteiger partial charge in [0.05, 0.1) is 0 Å². The maximum absolute atomic E-state index is 13.7. The number of carbonyl (C=O) groups is 1. The molecule has 1 saturated heterocycles. The Morgan fingerprint density at radius 3 is 2.52 bits per heavy atom. The molecule has 1 aliphatic carbocycles. The van der Waals surface area contributed by atoms with Gasteiger partial charge in [-0.15, -0.1) is 0 Å². The number of benzene rings is 1. The number of hydrogen-bond donors (Lipinski definition) is 1. The van der Waals surface area contributed by atoms with E-state index in [2.05, 4.69) is 10.2 Å². The van der Waals surface area contributed by atoms with Gasteiger partial charge in [-0.25, -0.2) is 4.39 Å². The molecule has 1 aromatic carbocycles. The third kappa shape index (κ3) is 5.04. The highest BCUT2D eigenvalue weighted by Gasteiger charge is 2.35. The van der Waals surface area contributed by atoms with Crippen LogP contribution in [0.2, 0.25) is 0 Å². The van der Waals surface area contributed by atoms with E-state index in [9.17, 15) is 9.18 Å². The second kappa shape index (κ2) is 9.33. The van der Waals surface area contributed by atoms with Gasteiger partial charge in [-0.3, -0.25) is 4.79 Å². The van der Waals surface area contributed by atoms with E-state index in [-0.39, 0.29) is 5.82 Å². The number of nitrogens with one attached hydrogen (secondary N) is 1. The van der Waals surface area contributed by atoms with E-state index in [0.717, 1.165) is 19.4 Å². The molecule has 1 saturated carbocycles. The summed E-state index contributed by atoms with van der Waals surface area (Å²) in [5.41, 5.74) is 0.710. The molecule has 2 fully saturated rings. The van der Waals surface area contributed by atoms with Crippen molar-refractivity contribution in [3.8, 4) is 0 Å². The first kappa shape index (κ1) is 18.4. The number of hydrogen-bond acceptors (Lipinski definition) is 2. The Morgan fingerprint density at radius 2 is 1.76 bits per heavy atom. The average molecular weight is 346 g/mol. The van der Waals surface area contributed by atoms with Crippen LogP contribution in [0.3, 0.4) is 0 Å². The lowest BCUT2D eigenvalue weighted by Crippen LogP contribution is -2.43. The topological polar surface area (TPSA) is 32.3 Å². The molecule has 3 nitrogen and oxygen atoms in total. The van der Waals surface area contributed by atoms with Crippen LogP contribution in [0.5, 0.6) is 0 Å². The molecule has 0 radical (unpaired) electrons. The van der Waals surface area contributed by atoms with Crippen LogP contribution in [0, 0.1) is 5.82 Å². The molecule has 1 aromatic rings. The van der Waals surface area contributed by atoms with Crippen molar-refractivity contribution in [1.82, 2.24) is 10.2 Å². The zero-order valence-electron chi connectivity index (χ0n) is 15.2. The second-order valence-electron chi connectivity index (χ2n) is 7.55. The van der Waals surface area contributed by atoms with Gasteiger partial charge in [-0.1, -0.05) is 50.3 Å². The first-order valence-corrected chi connectivity index (χ1v) is 10.0. The van der Waals surface area contributed by atoms with E-state index >= 15 is 0 Å². The lowest BCUT2D eigenvalue weighted by molar-refractivity contribution is -0.131. The number of rotatable bonds is 6. The van der Waals surface area contributed by atoms with Gasteiger partial charge in [0.25, 0.3) is 0 Å². The van der Waals surface area contributed by atoms with Crippen molar-refractivity contribution in [2.45, 2.75) is 82.8 Å². The number of carbonyl (C=O) groups excluding carboxylic acids is 1. The van der Waals surface area contributed by atoms with Crippen LogP contribution in [0.1, 0.15) is 69.8 Å². The summed E-state index contributed by atoms with van der Waals surface area (Å²) in [5, 5.41) is 3.35. The Bertz CT molecular complexity index is 555. The standard InChI is InChI=1S/C21H31FN2O/c22-20-11-7-6-8-17(20)16-23-15-14-19-12-13-21(25)24(19)18-9-4-2-1-3-5-10-18/h6-8,11,18-19,23H,1-5,9-10,12-16H2/t19-/m1/s1. The van der Waals surface area contributed by atoms with E-state index in [1.54, 1.807) is 6.07 Å². The van der Waals surface area contributed by atoms with Crippen LogP contribution < -0.4 is 5.32 Å². The van der Waals surface area contributed by atoms with Gasteiger partial charge < -0.3 is 10.2 Å².